The molecule has 0 unspecified atom stereocenters. The average Bonchev–Trinajstić information content (AvgIpc) is 2.69. The number of rotatable bonds is 5. The first kappa shape index (κ1) is 14.6. The first-order valence-electron chi connectivity index (χ1n) is 6.05. The van der Waals surface area contributed by atoms with Crippen LogP contribution in [0.5, 0.6) is 5.75 Å². The number of aliphatic hydroxyl groups excluding tert-OH is 1. The van der Waals surface area contributed by atoms with Crippen LogP contribution >= 0.6 is 11.8 Å². The van der Waals surface area contributed by atoms with Gasteiger partial charge in [-0.3, -0.25) is 14.5 Å². The summed E-state index contributed by atoms with van der Waals surface area (Å²) in [6.45, 7) is -0.0464. The minimum Gasteiger partial charge on any atom is -0.497 e. The van der Waals surface area contributed by atoms with E-state index in [9.17, 15) is 9.59 Å². The number of thioether (sulfide) groups is 1. The molecule has 1 aliphatic heterocycles. The minimum atomic E-state index is -0.320. The first-order valence-corrected chi connectivity index (χ1v) is 7.03. The SMILES string of the molecule is COc1ccc(C2=C(SCCO)C(=O)N(C)C2=O)cc1. The fourth-order valence-corrected chi connectivity index (χ4v) is 2.82. The summed E-state index contributed by atoms with van der Waals surface area (Å²) in [6.07, 6.45) is 0. The molecule has 1 aliphatic rings. The Morgan fingerprint density at radius 3 is 2.40 bits per heavy atom. The molecule has 1 N–H and O–H groups in total. The maximum absolute atomic E-state index is 12.2. The molecule has 1 aromatic carbocycles. The van der Waals surface area contributed by atoms with Crippen LogP contribution in [0.4, 0.5) is 0 Å². The Balaban J connectivity index is 2.43. The third kappa shape index (κ3) is 2.57. The molecule has 20 heavy (non-hydrogen) atoms. The van der Waals surface area contributed by atoms with E-state index < -0.39 is 0 Å². The lowest BCUT2D eigenvalue weighted by molar-refractivity contribution is -0.134. The molecule has 1 heterocycles. The molecule has 0 saturated carbocycles. The van der Waals surface area contributed by atoms with E-state index >= 15 is 0 Å². The number of hydrogen-bond donors (Lipinski definition) is 1. The van der Waals surface area contributed by atoms with Gasteiger partial charge in [0, 0.05) is 12.8 Å². The van der Waals surface area contributed by atoms with Gasteiger partial charge in [0.1, 0.15) is 5.75 Å². The normalized spacial score (nSPS) is 15.2. The largest absolute Gasteiger partial charge is 0.497 e. The van der Waals surface area contributed by atoms with Gasteiger partial charge in [-0.05, 0) is 17.7 Å². The molecule has 0 saturated heterocycles. The Morgan fingerprint density at radius 2 is 1.85 bits per heavy atom. The van der Waals surface area contributed by atoms with E-state index in [4.69, 9.17) is 9.84 Å². The Kier molecular flexibility index (Phi) is 4.46. The highest BCUT2D eigenvalue weighted by atomic mass is 32.2. The molecule has 0 spiro atoms. The van der Waals surface area contributed by atoms with Crippen LogP contribution < -0.4 is 4.74 Å². The highest BCUT2D eigenvalue weighted by Crippen LogP contribution is 2.35. The van der Waals surface area contributed by atoms with Gasteiger partial charge in [0.2, 0.25) is 0 Å². The van der Waals surface area contributed by atoms with Crippen molar-refractivity contribution in [2.24, 2.45) is 0 Å². The summed E-state index contributed by atoms with van der Waals surface area (Å²) in [7, 11) is 3.02. The maximum Gasteiger partial charge on any atom is 0.267 e. The predicted octanol–water partition coefficient (Wildman–Crippen LogP) is 1.13. The molecule has 0 aromatic heterocycles. The van der Waals surface area contributed by atoms with Crippen LogP contribution in [0.3, 0.4) is 0 Å². The lowest BCUT2D eigenvalue weighted by atomic mass is 10.1. The zero-order valence-electron chi connectivity index (χ0n) is 11.3. The van der Waals surface area contributed by atoms with E-state index in [0.717, 1.165) is 4.90 Å². The third-order valence-corrected chi connectivity index (χ3v) is 4.01. The van der Waals surface area contributed by atoms with E-state index in [0.29, 0.717) is 27.5 Å². The van der Waals surface area contributed by atoms with Gasteiger partial charge in [0.15, 0.2) is 0 Å². The molecular formula is C14H15NO4S. The molecule has 2 rings (SSSR count). The van der Waals surface area contributed by atoms with Gasteiger partial charge in [0.25, 0.3) is 11.8 Å². The standard InChI is InChI=1S/C14H15NO4S/c1-15-13(17)11(12(14(15)18)20-8-7-16)9-3-5-10(19-2)6-4-9/h3-6,16H,7-8H2,1-2H3. The zero-order chi connectivity index (χ0) is 14.7. The Hall–Kier alpha value is -1.79. The topological polar surface area (TPSA) is 66.8 Å². The summed E-state index contributed by atoms with van der Waals surface area (Å²) in [5.74, 6) is 0.422. The van der Waals surface area contributed by atoms with Crippen molar-refractivity contribution in [1.82, 2.24) is 4.90 Å². The van der Waals surface area contributed by atoms with E-state index in [-0.39, 0.29) is 18.4 Å². The Morgan fingerprint density at radius 1 is 1.20 bits per heavy atom. The maximum atomic E-state index is 12.2. The first-order chi connectivity index (χ1) is 9.60. The summed E-state index contributed by atoms with van der Waals surface area (Å²) in [6, 6.07) is 6.98. The van der Waals surface area contributed by atoms with E-state index in [1.54, 1.807) is 31.4 Å². The second kappa shape index (κ2) is 6.11. The van der Waals surface area contributed by atoms with Gasteiger partial charge >= 0.3 is 0 Å². The summed E-state index contributed by atoms with van der Waals surface area (Å²) in [5.41, 5.74) is 1.06. The lowest BCUT2D eigenvalue weighted by Gasteiger charge is -2.07. The van der Waals surface area contributed by atoms with Crippen molar-refractivity contribution >= 4 is 29.1 Å². The molecule has 0 fully saturated rings. The second-order valence-electron chi connectivity index (χ2n) is 4.17. The summed E-state index contributed by atoms with van der Waals surface area (Å²) in [4.78, 5) is 25.7. The van der Waals surface area contributed by atoms with Gasteiger partial charge in [-0.2, -0.15) is 0 Å². The van der Waals surface area contributed by atoms with Crippen LogP contribution in [0.2, 0.25) is 0 Å². The van der Waals surface area contributed by atoms with Crippen molar-refractivity contribution in [3.8, 4) is 5.75 Å². The number of carbonyl (C=O) groups is 2. The number of imide groups is 1. The Bertz CT molecular complexity index is 565. The van der Waals surface area contributed by atoms with E-state index in [1.807, 2.05) is 0 Å². The molecule has 0 radical (unpaired) electrons. The van der Waals surface area contributed by atoms with E-state index in [2.05, 4.69) is 0 Å². The lowest BCUT2D eigenvalue weighted by Crippen LogP contribution is -2.26. The van der Waals surface area contributed by atoms with Crippen molar-refractivity contribution in [3.63, 3.8) is 0 Å². The van der Waals surface area contributed by atoms with Crippen molar-refractivity contribution in [1.29, 1.82) is 0 Å². The third-order valence-electron chi connectivity index (χ3n) is 2.96. The minimum absolute atomic E-state index is 0.0464. The number of amides is 2. The van der Waals surface area contributed by atoms with Crippen molar-refractivity contribution in [2.75, 3.05) is 26.5 Å². The molecule has 2 amide bonds. The number of methoxy groups -OCH3 is 1. The zero-order valence-corrected chi connectivity index (χ0v) is 12.1. The number of hydrogen-bond acceptors (Lipinski definition) is 5. The van der Waals surface area contributed by atoms with Gasteiger partial charge in [-0.1, -0.05) is 12.1 Å². The van der Waals surface area contributed by atoms with Gasteiger partial charge < -0.3 is 9.84 Å². The molecule has 106 valence electrons. The number of nitrogens with zero attached hydrogens (tertiary/aromatic N) is 1. The molecule has 0 bridgehead atoms. The summed E-state index contributed by atoms with van der Waals surface area (Å²) in [5, 5.41) is 8.90. The number of benzene rings is 1. The van der Waals surface area contributed by atoms with Gasteiger partial charge in [-0.15, -0.1) is 11.8 Å². The monoisotopic (exact) mass is 293 g/mol. The predicted molar refractivity (Wildman–Crippen MR) is 77.2 cm³/mol. The van der Waals surface area contributed by atoms with Crippen LogP contribution in [-0.2, 0) is 9.59 Å². The molecule has 0 aliphatic carbocycles. The second-order valence-corrected chi connectivity index (χ2v) is 5.28. The quantitative estimate of drug-likeness (QED) is 0.824. The summed E-state index contributed by atoms with van der Waals surface area (Å²) < 4.78 is 5.08. The van der Waals surface area contributed by atoms with Gasteiger partial charge in [0.05, 0.1) is 24.2 Å². The fourth-order valence-electron chi connectivity index (χ4n) is 1.91. The smallest absolute Gasteiger partial charge is 0.267 e. The molecule has 6 heteroatoms. The number of likely N-dealkylation sites (N-methyl/N-ethyl adjacent to an activating group) is 1. The Labute approximate surface area is 121 Å². The van der Waals surface area contributed by atoms with Crippen LogP contribution in [0.25, 0.3) is 5.57 Å². The van der Waals surface area contributed by atoms with Crippen molar-refractivity contribution in [2.45, 2.75) is 0 Å². The highest BCUT2D eigenvalue weighted by Gasteiger charge is 2.36. The molecule has 0 atom stereocenters. The van der Waals surface area contributed by atoms with E-state index in [1.165, 1.54) is 18.8 Å². The average molecular weight is 293 g/mol. The number of carbonyl (C=O) groups excluding carboxylic acids is 2. The van der Waals surface area contributed by atoms with Crippen LogP contribution in [0.1, 0.15) is 5.56 Å². The van der Waals surface area contributed by atoms with Crippen molar-refractivity contribution < 1.29 is 19.4 Å². The van der Waals surface area contributed by atoms with Crippen LogP contribution in [0.15, 0.2) is 29.2 Å². The van der Waals surface area contributed by atoms with Crippen LogP contribution in [0, 0.1) is 0 Å². The number of ether oxygens (including phenoxy) is 1. The highest BCUT2D eigenvalue weighted by molar-refractivity contribution is 8.04. The molecular weight excluding hydrogens is 278 g/mol. The summed E-state index contributed by atoms with van der Waals surface area (Å²) >= 11 is 1.20. The van der Waals surface area contributed by atoms with Crippen molar-refractivity contribution in [3.05, 3.63) is 34.7 Å². The number of aliphatic hydroxyl groups is 1. The molecule has 5 nitrogen and oxygen atoms in total. The van der Waals surface area contributed by atoms with Crippen LogP contribution in [-0.4, -0.2) is 48.3 Å². The van der Waals surface area contributed by atoms with Gasteiger partial charge in [-0.25, -0.2) is 0 Å². The fraction of sp³-hybridized carbons (Fsp3) is 0.286. The molecule has 1 aromatic rings.